The fourth-order valence-corrected chi connectivity index (χ4v) is 17.9. The predicted octanol–water partition coefficient (Wildman–Crippen LogP) is 15.5. The summed E-state index contributed by atoms with van der Waals surface area (Å²) in [6.07, 6.45) is 10.8. The van der Waals surface area contributed by atoms with Gasteiger partial charge < -0.3 is 77.8 Å². The molecule has 3 saturated heterocycles. The van der Waals surface area contributed by atoms with Gasteiger partial charge in [0.05, 0.1) is 73.7 Å². The van der Waals surface area contributed by atoms with Crippen molar-refractivity contribution in [2.24, 2.45) is 0 Å². The number of piperazine rings is 3. The molecule has 0 bridgehead atoms. The number of carbonyl (C=O) groups is 3. The highest BCUT2D eigenvalue weighted by atomic mass is 32.2. The number of para-hydroxylation sites is 1. The fourth-order valence-electron chi connectivity index (χ4n) is 17.0. The lowest BCUT2D eigenvalue weighted by atomic mass is 9.99. The van der Waals surface area contributed by atoms with E-state index in [1.54, 1.807) is 48.9 Å². The first kappa shape index (κ1) is 81.4. The van der Waals surface area contributed by atoms with Crippen molar-refractivity contribution in [2.45, 2.75) is 94.3 Å². The second-order valence-corrected chi connectivity index (χ2v) is 31.0. The Hall–Kier alpha value is -11.2. The minimum atomic E-state index is -0.135. The van der Waals surface area contributed by atoms with Crippen molar-refractivity contribution in [3.8, 4) is 40.2 Å². The molecule has 22 heteroatoms. The molecule has 7 heterocycles. The van der Waals surface area contributed by atoms with E-state index < -0.39 is 0 Å². The van der Waals surface area contributed by atoms with Gasteiger partial charge in [-0.05, 0) is 164 Å². The maximum atomic E-state index is 14.0. The van der Waals surface area contributed by atoms with Gasteiger partial charge in [-0.15, -0.1) is 11.8 Å². The average molecular weight is 1590 g/mol. The van der Waals surface area contributed by atoms with Crippen molar-refractivity contribution in [3.05, 3.63) is 275 Å². The molecule has 3 amide bonds. The SMILES string of the molecule is COc1ccc([C@@H](CCCOc2ccccc2)N2Cc3c(cccc3N3CCN(Cc4ccccc4)CC3)C2=O)cc1OC.COc1ccc([C@@H](CCCSc2ccccc2)N2Cc3c(cccc3N3CCNCC3)C2=O)cc1OC.COc1ccc([C@@H](CCCn2ccnc2)N2Cc3c(cccc3N3CCNCC3)C2=O)cc1OC. The van der Waals surface area contributed by atoms with E-state index in [1.807, 2.05) is 149 Å². The van der Waals surface area contributed by atoms with Crippen LogP contribution in [0.25, 0.3) is 0 Å². The average Bonchev–Trinajstić information content (AvgIpc) is 1.63. The fraction of sp³-hybridized carbons (Fsp3) is 0.362. The number of fused-ring (bicyclic) bond motifs is 3. The first-order valence-electron chi connectivity index (χ1n) is 40.7. The van der Waals surface area contributed by atoms with Crippen LogP contribution in [0.4, 0.5) is 17.1 Å². The smallest absolute Gasteiger partial charge is 0.255 e. The van der Waals surface area contributed by atoms with Crippen LogP contribution in [0.3, 0.4) is 0 Å². The van der Waals surface area contributed by atoms with Crippen molar-refractivity contribution < 1.29 is 47.5 Å². The summed E-state index contributed by atoms with van der Waals surface area (Å²) in [5, 5.41) is 6.84. The van der Waals surface area contributed by atoms with E-state index in [9.17, 15) is 14.4 Å². The van der Waals surface area contributed by atoms with Crippen LogP contribution in [-0.4, -0.2) is 180 Å². The number of hydrogen-bond acceptors (Lipinski definition) is 18. The molecular weight excluding hydrogens is 1480 g/mol. The number of methoxy groups -OCH3 is 6. The Kier molecular flexibility index (Phi) is 28.0. The zero-order chi connectivity index (χ0) is 80.1. The highest BCUT2D eigenvalue weighted by Gasteiger charge is 2.40. The highest BCUT2D eigenvalue weighted by molar-refractivity contribution is 7.99. The molecule has 9 aromatic carbocycles. The number of carbonyl (C=O) groups excluding carboxylic acids is 3. The van der Waals surface area contributed by atoms with Gasteiger partial charge in [-0.3, -0.25) is 19.3 Å². The Morgan fingerprint density at radius 3 is 1.24 bits per heavy atom. The second-order valence-electron chi connectivity index (χ2n) is 29.9. The van der Waals surface area contributed by atoms with Crippen LogP contribution in [-0.2, 0) is 32.7 Å². The lowest BCUT2D eigenvalue weighted by Gasteiger charge is -2.37. The number of ether oxygens (including phenoxy) is 7. The van der Waals surface area contributed by atoms with E-state index in [0.717, 1.165) is 192 Å². The number of amides is 3. The van der Waals surface area contributed by atoms with Crippen molar-refractivity contribution in [1.29, 1.82) is 0 Å². The van der Waals surface area contributed by atoms with Crippen LogP contribution in [0, 0.1) is 0 Å². The molecule has 1 aromatic heterocycles. The summed E-state index contributed by atoms with van der Waals surface area (Å²) in [5.41, 5.74) is 13.9. The lowest BCUT2D eigenvalue weighted by molar-refractivity contribution is 0.0678. The third kappa shape index (κ3) is 19.3. The van der Waals surface area contributed by atoms with Gasteiger partial charge in [0.1, 0.15) is 5.75 Å². The normalized spacial score (nSPS) is 16.0. The second kappa shape index (κ2) is 39.9. The Bertz CT molecular complexity index is 4870. The molecule has 116 heavy (non-hydrogen) atoms. The summed E-state index contributed by atoms with van der Waals surface area (Å²) >= 11 is 1.86. The van der Waals surface area contributed by atoms with Crippen LogP contribution < -0.4 is 58.5 Å². The summed E-state index contributed by atoms with van der Waals surface area (Å²) in [5.74, 6) is 6.22. The van der Waals surface area contributed by atoms with Gasteiger partial charge in [0.15, 0.2) is 34.5 Å². The minimum absolute atomic E-state index is 0.0491. The van der Waals surface area contributed by atoms with Crippen LogP contribution in [0.5, 0.6) is 40.2 Å². The molecule has 0 saturated carbocycles. The summed E-state index contributed by atoms with van der Waals surface area (Å²) in [6.45, 7) is 15.7. The zero-order valence-electron chi connectivity index (χ0n) is 67.7. The first-order valence-corrected chi connectivity index (χ1v) is 41.7. The van der Waals surface area contributed by atoms with Crippen LogP contribution in [0.1, 0.15) is 127 Å². The van der Waals surface area contributed by atoms with Gasteiger partial charge in [0.2, 0.25) is 0 Å². The number of benzene rings is 9. The molecule has 0 unspecified atom stereocenters. The molecule has 0 aliphatic carbocycles. The quantitative estimate of drug-likeness (QED) is 0.0309. The number of nitrogens with one attached hydrogen (secondary N) is 2. The van der Waals surface area contributed by atoms with E-state index in [-0.39, 0.29) is 35.8 Å². The molecule has 21 nitrogen and oxygen atoms in total. The van der Waals surface area contributed by atoms with E-state index in [1.165, 1.54) is 27.5 Å². The molecule has 6 aliphatic heterocycles. The molecule has 3 fully saturated rings. The van der Waals surface area contributed by atoms with Crippen LogP contribution >= 0.6 is 11.8 Å². The number of nitrogens with zero attached hydrogens (tertiary/aromatic N) is 9. The molecule has 2 N–H and O–H groups in total. The summed E-state index contributed by atoms with van der Waals surface area (Å²) in [6, 6.07) is 67.3. The standard InChI is InChI=1S/C37H41N3O4.C30H35N3O3S.C27H33N5O3/c1-42-35-19-18-29(25-36(35)43-2)33(17-10-24-44-30-13-7-4-8-14-30)40-27-32-31(37(40)41)15-9-16-34(32)39-22-20-38(21-23-39)26-28-11-5-3-6-12-28;1-35-28-14-13-22(20-29(28)36-2)26(12-7-19-37-23-8-4-3-5-9-23)33-21-25-24(30(33)34)10-6-11-27(25)32-17-15-31-16-18-32;1-34-25-9-8-20(17-26(25)35-2)23(7-4-13-30-14-10-29-19-30)32-18-22-21(27(32)33)5-3-6-24(22)31-15-11-28-12-16-31/h3-9,11-16,18-19,25,33H,10,17,20-24,26-27H2,1-2H3;3-6,8-11,13-14,20,26,31H,7,12,15-19,21H2,1-2H3;3,5-6,8-10,14,17,19,23,28H,4,7,11-13,15-16,18H2,1-2H3/t33-;26-;23-/m111/s1. The number of imidazole rings is 1. The highest BCUT2D eigenvalue weighted by Crippen LogP contribution is 2.45. The number of thioether (sulfide) groups is 1. The largest absolute Gasteiger partial charge is 0.494 e. The van der Waals surface area contributed by atoms with Gasteiger partial charge in [0.25, 0.3) is 17.7 Å². The number of aromatic nitrogens is 2. The van der Waals surface area contributed by atoms with E-state index in [4.69, 9.17) is 33.2 Å². The molecule has 10 aromatic rings. The third-order valence-corrected chi connectivity index (χ3v) is 24.1. The van der Waals surface area contributed by atoms with E-state index in [2.05, 4.69) is 130 Å². The molecule has 0 spiro atoms. The van der Waals surface area contributed by atoms with Crippen molar-refractivity contribution in [2.75, 3.05) is 148 Å². The minimum Gasteiger partial charge on any atom is -0.494 e. The van der Waals surface area contributed by atoms with Crippen molar-refractivity contribution in [3.63, 3.8) is 0 Å². The van der Waals surface area contributed by atoms with E-state index >= 15 is 0 Å². The summed E-state index contributed by atoms with van der Waals surface area (Å²) in [4.78, 5) is 62.9. The topological polar surface area (TPSA) is 180 Å². The Morgan fingerprint density at radius 1 is 0.414 bits per heavy atom. The monoisotopic (exact) mass is 1580 g/mol. The summed E-state index contributed by atoms with van der Waals surface area (Å²) in [7, 11) is 9.87. The lowest BCUT2D eigenvalue weighted by Crippen LogP contribution is -2.46. The Morgan fingerprint density at radius 2 is 0.819 bits per heavy atom. The van der Waals surface area contributed by atoms with E-state index in [0.29, 0.717) is 60.7 Å². The van der Waals surface area contributed by atoms with Crippen LogP contribution in [0.15, 0.2) is 224 Å². The van der Waals surface area contributed by atoms with Crippen molar-refractivity contribution >= 4 is 46.5 Å². The van der Waals surface area contributed by atoms with Gasteiger partial charge in [-0.2, -0.15) is 0 Å². The molecule has 6 aliphatic rings. The first-order chi connectivity index (χ1) is 57.0. The molecule has 16 rings (SSSR count). The molecule has 0 radical (unpaired) electrons. The number of anilines is 3. The number of rotatable bonds is 31. The predicted molar refractivity (Wildman–Crippen MR) is 459 cm³/mol. The van der Waals surface area contributed by atoms with Gasteiger partial charge in [0, 0.05) is 179 Å². The van der Waals surface area contributed by atoms with Gasteiger partial charge >= 0.3 is 0 Å². The maximum Gasteiger partial charge on any atom is 0.255 e. The number of aryl methyl sites for hydroxylation is 1. The van der Waals surface area contributed by atoms with Gasteiger partial charge in [-0.1, -0.05) is 103 Å². The number of hydrogen-bond donors (Lipinski definition) is 2. The van der Waals surface area contributed by atoms with Crippen LogP contribution in [0.2, 0.25) is 0 Å². The van der Waals surface area contributed by atoms with Gasteiger partial charge in [-0.25, -0.2) is 4.98 Å². The maximum absolute atomic E-state index is 14.0. The molecule has 606 valence electrons. The summed E-state index contributed by atoms with van der Waals surface area (Å²) < 4.78 is 41.4. The zero-order valence-corrected chi connectivity index (χ0v) is 68.5. The van der Waals surface area contributed by atoms with Crippen molar-refractivity contribution in [1.82, 2.24) is 39.8 Å². The molecule has 3 atom stereocenters. The third-order valence-electron chi connectivity index (χ3n) is 23.0. The Labute approximate surface area is 687 Å². The Balaban J connectivity index is 0.000000145. The molecular formula is C94H109N11O10S.